The minimum absolute atomic E-state index is 0.192. The standard InChI is InChI=1S/C17H17F2N5O3/c1-23-8-6-15(22-23)24-7-2-3-14(17(24)26)27-20-10-16(25)21-13-5-4-11(18)9-12(13)19/h4-6,8-10,14H,2-3,7H2,1H3,(H,21,25)/b20-10+. The number of amides is 2. The van der Waals surface area contributed by atoms with E-state index in [2.05, 4.69) is 15.6 Å². The minimum Gasteiger partial charge on any atom is -0.382 e. The summed E-state index contributed by atoms with van der Waals surface area (Å²) in [5, 5.41) is 9.91. The van der Waals surface area contributed by atoms with Crippen LogP contribution in [0.1, 0.15) is 12.8 Å². The SMILES string of the molecule is Cn1ccc(N2CCCC(O/N=C/C(=O)Nc3ccc(F)cc3F)C2=O)n1. The zero-order chi connectivity index (χ0) is 19.4. The lowest BCUT2D eigenvalue weighted by Crippen LogP contribution is -2.45. The van der Waals surface area contributed by atoms with Gasteiger partial charge in [-0.05, 0) is 25.0 Å². The summed E-state index contributed by atoms with van der Waals surface area (Å²) >= 11 is 0. The molecule has 0 saturated carbocycles. The van der Waals surface area contributed by atoms with Crippen molar-refractivity contribution in [3.05, 3.63) is 42.1 Å². The van der Waals surface area contributed by atoms with Crippen LogP contribution in [-0.2, 0) is 21.5 Å². The molecular weight excluding hydrogens is 360 g/mol. The lowest BCUT2D eigenvalue weighted by molar-refractivity contribution is -0.132. The number of hydrogen-bond acceptors (Lipinski definition) is 5. The number of rotatable bonds is 5. The number of aromatic nitrogens is 2. The van der Waals surface area contributed by atoms with E-state index in [4.69, 9.17) is 4.84 Å². The highest BCUT2D eigenvalue weighted by atomic mass is 19.1. The Labute approximate surface area is 153 Å². The first-order chi connectivity index (χ1) is 12.9. The first-order valence-electron chi connectivity index (χ1n) is 8.20. The minimum atomic E-state index is -0.911. The molecule has 1 atom stereocenters. The molecule has 0 aliphatic carbocycles. The number of aryl methyl sites for hydroxylation is 1. The molecule has 1 fully saturated rings. The van der Waals surface area contributed by atoms with Gasteiger partial charge in [0.25, 0.3) is 11.8 Å². The van der Waals surface area contributed by atoms with Gasteiger partial charge in [0.05, 0.1) is 5.69 Å². The fraction of sp³-hybridized carbons (Fsp3) is 0.294. The molecule has 2 heterocycles. The molecule has 1 aliphatic rings. The van der Waals surface area contributed by atoms with E-state index in [1.165, 1.54) is 4.90 Å². The van der Waals surface area contributed by atoms with E-state index in [1.54, 1.807) is 24.0 Å². The van der Waals surface area contributed by atoms with Gasteiger partial charge in [-0.1, -0.05) is 5.16 Å². The number of piperidine rings is 1. The van der Waals surface area contributed by atoms with Crippen molar-refractivity contribution in [1.82, 2.24) is 9.78 Å². The number of benzene rings is 1. The topological polar surface area (TPSA) is 88.8 Å². The van der Waals surface area contributed by atoms with Crippen LogP contribution in [0.4, 0.5) is 20.3 Å². The Hall–Kier alpha value is -3.30. The molecule has 10 heteroatoms. The van der Waals surface area contributed by atoms with Gasteiger partial charge < -0.3 is 10.2 Å². The zero-order valence-corrected chi connectivity index (χ0v) is 14.4. The number of nitrogens with zero attached hydrogens (tertiary/aromatic N) is 4. The van der Waals surface area contributed by atoms with Crippen LogP contribution in [0, 0.1) is 11.6 Å². The van der Waals surface area contributed by atoms with E-state index < -0.39 is 23.6 Å². The Bertz CT molecular complexity index is 883. The molecule has 0 bridgehead atoms. The summed E-state index contributed by atoms with van der Waals surface area (Å²) in [6.45, 7) is 0.518. The lowest BCUT2D eigenvalue weighted by atomic mass is 10.1. The van der Waals surface area contributed by atoms with Crippen LogP contribution < -0.4 is 10.2 Å². The third-order valence-corrected chi connectivity index (χ3v) is 3.91. The van der Waals surface area contributed by atoms with Crippen molar-refractivity contribution in [2.75, 3.05) is 16.8 Å². The van der Waals surface area contributed by atoms with Crippen LogP contribution in [0.3, 0.4) is 0 Å². The molecule has 1 aromatic heterocycles. The molecule has 27 heavy (non-hydrogen) atoms. The average Bonchev–Trinajstić information content (AvgIpc) is 3.05. The van der Waals surface area contributed by atoms with Crippen molar-refractivity contribution in [3.63, 3.8) is 0 Å². The quantitative estimate of drug-likeness (QED) is 0.636. The third-order valence-electron chi connectivity index (χ3n) is 3.91. The molecule has 2 amide bonds. The van der Waals surface area contributed by atoms with Crippen molar-refractivity contribution < 1.29 is 23.2 Å². The molecule has 2 aromatic rings. The Kier molecular flexibility index (Phi) is 5.43. The van der Waals surface area contributed by atoms with Crippen LogP contribution in [0.2, 0.25) is 0 Å². The second kappa shape index (κ2) is 7.94. The fourth-order valence-corrected chi connectivity index (χ4v) is 2.62. The van der Waals surface area contributed by atoms with Gasteiger partial charge >= 0.3 is 0 Å². The molecule has 3 rings (SSSR count). The lowest BCUT2D eigenvalue weighted by Gasteiger charge is -2.29. The smallest absolute Gasteiger partial charge is 0.272 e. The van der Waals surface area contributed by atoms with E-state index in [1.807, 2.05) is 0 Å². The first kappa shape index (κ1) is 18.5. The predicted molar refractivity (Wildman–Crippen MR) is 93.1 cm³/mol. The van der Waals surface area contributed by atoms with Gasteiger partial charge in [-0.3, -0.25) is 19.2 Å². The predicted octanol–water partition coefficient (Wildman–Crippen LogP) is 1.83. The van der Waals surface area contributed by atoms with Gasteiger partial charge in [0, 0.05) is 31.9 Å². The zero-order valence-electron chi connectivity index (χ0n) is 14.4. The van der Waals surface area contributed by atoms with Gasteiger partial charge in [-0.25, -0.2) is 8.78 Å². The highest BCUT2D eigenvalue weighted by Crippen LogP contribution is 2.21. The van der Waals surface area contributed by atoms with Crippen molar-refractivity contribution >= 4 is 29.5 Å². The Balaban J connectivity index is 1.56. The Morgan fingerprint density at radius 1 is 1.41 bits per heavy atom. The van der Waals surface area contributed by atoms with E-state index in [0.29, 0.717) is 31.3 Å². The van der Waals surface area contributed by atoms with Crippen LogP contribution in [0.15, 0.2) is 35.6 Å². The molecule has 1 N–H and O–H groups in total. The summed E-state index contributed by atoms with van der Waals surface area (Å²) in [4.78, 5) is 30.9. The maximum atomic E-state index is 13.5. The summed E-state index contributed by atoms with van der Waals surface area (Å²) < 4.78 is 27.9. The van der Waals surface area contributed by atoms with E-state index >= 15 is 0 Å². The molecule has 1 aliphatic heterocycles. The summed E-state index contributed by atoms with van der Waals surface area (Å²) in [6.07, 6.45) is 2.82. The molecule has 0 radical (unpaired) electrons. The van der Waals surface area contributed by atoms with Crippen LogP contribution >= 0.6 is 0 Å². The molecule has 142 valence electrons. The summed E-state index contributed by atoms with van der Waals surface area (Å²) in [6, 6.07) is 4.47. The van der Waals surface area contributed by atoms with E-state index in [-0.39, 0.29) is 11.6 Å². The van der Waals surface area contributed by atoms with Gasteiger partial charge in [-0.15, -0.1) is 0 Å². The molecule has 0 spiro atoms. The Morgan fingerprint density at radius 2 is 2.22 bits per heavy atom. The van der Waals surface area contributed by atoms with Gasteiger partial charge in [0.2, 0.25) is 6.10 Å². The summed E-state index contributed by atoms with van der Waals surface area (Å²) in [7, 11) is 1.75. The van der Waals surface area contributed by atoms with Gasteiger partial charge in [0.1, 0.15) is 17.8 Å². The number of carbonyl (C=O) groups excluding carboxylic acids is 2. The monoisotopic (exact) mass is 377 g/mol. The Morgan fingerprint density at radius 3 is 2.93 bits per heavy atom. The number of anilines is 2. The second-order valence-electron chi connectivity index (χ2n) is 5.92. The highest BCUT2D eigenvalue weighted by molar-refractivity contribution is 6.31. The van der Waals surface area contributed by atoms with Crippen molar-refractivity contribution in [3.8, 4) is 0 Å². The molecule has 1 unspecified atom stereocenters. The molecular formula is C17H17F2N5O3. The number of carbonyl (C=O) groups is 2. The number of nitrogens with one attached hydrogen (secondary N) is 1. The maximum absolute atomic E-state index is 13.5. The van der Waals surface area contributed by atoms with Crippen LogP contribution in [-0.4, -0.2) is 40.5 Å². The molecule has 1 aromatic carbocycles. The maximum Gasteiger partial charge on any atom is 0.272 e. The fourth-order valence-electron chi connectivity index (χ4n) is 2.62. The molecule has 1 saturated heterocycles. The van der Waals surface area contributed by atoms with E-state index in [9.17, 15) is 18.4 Å². The highest BCUT2D eigenvalue weighted by Gasteiger charge is 2.32. The second-order valence-corrected chi connectivity index (χ2v) is 5.92. The van der Waals surface area contributed by atoms with Crippen LogP contribution in [0.25, 0.3) is 0 Å². The first-order valence-corrected chi connectivity index (χ1v) is 8.20. The number of hydrogen-bond donors (Lipinski definition) is 1. The average molecular weight is 377 g/mol. The van der Waals surface area contributed by atoms with Gasteiger partial charge in [-0.2, -0.15) is 5.10 Å². The number of oxime groups is 1. The number of halogens is 2. The third kappa shape index (κ3) is 4.46. The van der Waals surface area contributed by atoms with Crippen LogP contribution in [0.5, 0.6) is 0 Å². The molecule has 8 nitrogen and oxygen atoms in total. The summed E-state index contributed by atoms with van der Waals surface area (Å²) in [5.41, 5.74) is -0.192. The summed E-state index contributed by atoms with van der Waals surface area (Å²) in [5.74, 6) is -2.22. The largest absolute Gasteiger partial charge is 0.382 e. The van der Waals surface area contributed by atoms with Crippen molar-refractivity contribution in [2.24, 2.45) is 12.2 Å². The normalized spacial score (nSPS) is 17.4. The van der Waals surface area contributed by atoms with Crippen molar-refractivity contribution in [2.45, 2.75) is 18.9 Å². The van der Waals surface area contributed by atoms with Gasteiger partial charge in [0.15, 0.2) is 5.82 Å². The van der Waals surface area contributed by atoms with E-state index in [0.717, 1.165) is 18.3 Å². The van der Waals surface area contributed by atoms with Crippen molar-refractivity contribution in [1.29, 1.82) is 0 Å².